The van der Waals surface area contributed by atoms with Gasteiger partial charge < -0.3 is 19.1 Å². The molecule has 1 amide bonds. The van der Waals surface area contributed by atoms with Crippen molar-refractivity contribution >= 4 is 28.7 Å². The van der Waals surface area contributed by atoms with Crippen LogP contribution in [-0.4, -0.2) is 59.5 Å². The topological polar surface area (TPSA) is 95.2 Å². The zero-order chi connectivity index (χ0) is 31.5. The van der Waals surface area contributed by atoms with Gasteiger partial charge >= 0.3 is 0 Å². The predicted molar refractivity (Wildman–Crippen MR) is 178 cm³/mol. The van der Waals surface area contributed by atoms with Crippen LogP contribution in [0, 0.1) is 0 Å². The Kier molecular flexibility index (Phi) is 8.20. The lowest BCUT2D eigenvalue weighted by atomic mass is 10.1. The first kappa shape index (κ1) is 29.3. The van der Waals surface area contributed by atoms with Gasteiger partial charge in [0.15, 0.2) is 11.5 Å². The van der Waals surface area contributed by atoms with Gasteiger partial charge in [-0.1, -0.05) is 42.5 Å². The molecule has 1 saturated heterocycles. The third-order valence-corrected chi connectivity index (χ3v) is 8.43. The number of nitrogens with zero attached hydrogens (tertiary/aromatic N) is 4. The lowest BCUT2D eigenvalue weighted by Gasteiger charge is -2.20. The third kappa shape index (κ3) is 5.72. The lowest BCUT2D eigenvalue weighted by molar-refractivity contribution is 0.0774. The molecule has 0 aliphatic carbocycles. The number of ether oxygens (including phenoxy) is 3. The number of amides is 1. The number of unbranched alkanes of at least 4 members (excludes halogenated alkanes) is 1. The van der Waals surface area contributed by atoms with E-state index >= 15 is 0 Å². The van der Waals surface area contributed by atoms with Crippen LogP contribution in [0.2, 0.25) is 0 Å². The van der Waals surface area contributed by atoms with Crippen molar-refractivity contribution in [2.45, 2.75) is 31.7 Å². The number of hydrogen-bond acceptors (Lipinski definition) is 7. The van der Waals surface area contributed by atoms with Gasteiger partial charge in [-0.2, -0.15) is 0 Å². The van der Waals surface area contributed by atoms with Gasteiger partial charge in [0.1, 0.15) is 11.6 Å². The number of hydrogen-bond donors (Lipinski definition) is 0. The second-order valence-corrected chi connectivity index (χ2v) is 11.4. The molecule has 0 saturated carbocycles. The Morgan fingerprint density at radius 3 is 2.41 bits per heavy atom. The molecule has 1 aromatic heterocycles. The highest BCUT2D eigenvalue weighted by Gasteiger charge is 2.32. The SMILES string of the molecule is COc1cc2c(cc1OCCCCOc1ccc(-n3c(-c4ccccc4)nc4ccccc4c3=O)cc1)N=C[C@@H]1CCCN1C2=O. The Labute approximate surface area is 266 Å². The fourth-order valence-electron chi connectivity index (χ4n) is 6.04. The van der Waals surface area contributed by atoms with Crippen molar-refractivity contribution in [3.63, 3.8) is 0 Å². The molecule has 232 valence electrons. The number of carbonyl (C=O) groups is 1. The third-order valence-electron chi connectivity index (χ3n) is 8.43. The van der Waals surface area contributed by atoms with Gasteiger partial charge in [-0.05, 0) is 68.1 Å². The van der Waals surface area contributed by atoms with Gasteiger partial charge in [0.05, 0.1) is 54.2 Å². The smallest absolute Gasteiger partial charge is 0.266 e. The number of carbonyl (C=O) groups excluding carboxylic acids is 1. The van der Waals surface area contributed by atoms with E-state index in [9.17, 15) is 9.59 Å². The average molecular weight is 615 g/mol. The van der Waals surface area contributed by atoms with Crippen LogP contribution in [0.5, 0.6) is 17.2 Å². The molecule has 4 aromatic carbocycles. The van der Waals surface area contributed by atoms with Crippen molar-refractivity contribution in [3.8, 4) is 34.3 Å². The van der Waals surface area contributed by atoms with Crippen LogP contribution in [0.15, 0.2) is 101 Å². The molecular formula is C37H34N4O5. The number of benzene rings is 4. The predicted octanol–water partition coefficient (Wildman–Crippen LogP) is 6.62. The quantitative estimate of drug-likeness (QED) is 0.164. The van der Waals surface area contributed by atoms with Gasteiger partial charge in [0.2, 0.25) is 0 Å². The van der Waals surface area contributed by atoms with E-state index in [0.29, 0.717) is 64.1 Å². The van der Waals surface area contributed by atoms with Crippen LogP contribution < -0.4 is 19.8 Å². The molecule has 2 aliphatic heterocycles. The maximum atomic E-state index is 13.6. The number of para-hydroxylation sites is 1. The Balaban J connectivity index is 0.980. The minimum Gasteiger partial charge on any atom is -0.494 e. The highest BCUT2D eigenvalue weighted by atomic mass is 16.5. The van der Waals surface area contributed by atoms with Crippen molar-refractivity contribution in [3.05, 3.63) is 107 Å². The molecule has 5 aromatic rings. The molecule has 9 heteroatoms. The van der Waals surface area contributed by atoms with Gasteiger partial charge in [-0.25, -0.2) is 4.98 Å². The molecule has 0 unspecified atom stereocenters. The van der Waals surface area contributed by atoms with E-state index in [1.54, 1.807) is 29.9 Å². The van der Waals surface area contributed by atoms with Crippen molar-refractivity contribution in [1.82, 2.24) is 14.5 Å². The Bertz CT molecular complexity index is 1970. The molecule has 7 rings (SSSR count). The Morgan fingerprint density at radius 2 is 1.61 bits per heavy atom. The maximum Gasteiger partial charge on any atom is 0.266 e. The molecule has 3 heterocycles. The molecule has 0 N–H and O–H groups in total. The second kappa shape index (κ2) is 12.9. The van der Waals surface area contributed by atoms with E-state index in [4.69, 9.17) is 19.2 Å². The zero-order valence-corrected chi connectivity index (χ0v) is 25.6. The van der Waals surface area contributed by atoms with Crippen LogP contribution in [0.4, 0.5) is 5.69 Å². The standard InChI is InChI=1S/C37H34N4O5/c1-44-33-22-30-32(38-24-27-12-9-19-40(27)36(30)42)23-34(33)46-21-8-7-20-45-28-17-15-26(16-18-28)41-35(25-10-3-2-4-11-25)39-31-14-6-5-13-29(31)37(41)43/h2-6,10-11,13-18,22-24,27H,7-9,12,19-21H2,1H3/t27-/m0/s1. The first-order chi connectivity index (χ1) is 22.6. The minimum atomic E-state index is -0.122. The molecule has 0 bridgehead atoms. The van der Waals surface area contributed by atoms with Crippen molar-refractivity contribution in [2.75, 3.05) is 26.9 Å². The van der Waals surface area contributed by atoms with Crippen LogP contribution in [-0.2, 0) is 0 Å². The largest absolute Gasteiger partial charge is 0.494 e. The highest BCUT2D eigenvalue weighted by molar-refractivity contribution is 6.03. The van der Waals surface area contributed by atoms with Crippen LogP contribution >= 0.6 is 0 Å². The summed E-state index contributed by atoms with van der Waals surface area (Å²) >= 11 is 0. The summed E-state index contributed by atoms with van der Waals surface area (Å²) in [5.74, 6) is 2.37. The Morgan fingerprint density at radius 1 is 0.848 bits per heavy atom. The van der Waals surface area contributed by atoms with Gasteiger partial charge in [0, 0.05) is 24.4 Å². The summed E-state index contributed by atoms with van der Waals surface area (Å²) in [6.45, 7) is 1.72. The van der Waals surface area contributed by atoms with E-state index < -0.39 is 0 Å². The summed E-state index contributed by atoms with van der Waals surface area (Å²) in [6, 6.07) is 28.2. The molecular weight excluding hydrogens is 580 g/mol. The zero-order valence-electron chi connectivity index (χ0n) is 25.6. The summed E-state index contributed by atoms with van der Waals surface area (Å²) in [4.78, 5) is 38.0. The second-order valence-electron chi connectivity index (χ2n) is 11.4. The normalized spacial score (nSPS) is 15.4. The molecule has 1 atom stereocenters. The Hall–Kier alpha value is -5.44. The summed E-state index contributed by atoms with van der Waals surface area (Å²) < 4.78 is 19.3. The number of fused-ring (bicyclic) bond motifs is 3. The first-order valence-electron chi connectivity index (χ1n) is 15.6. The minimum absolute atomic E-state index is 0.0114. The summed E-state index contributed by atoms with van der Waals surface area (Å²) in [6.07, 6.45) is 5.33. The molecule has 1 fully saturated rings. The fourth-order valence-corrected chi connectivity index (χ4v) is 6.04. The van der Waals surface area contributed by atoms with E-state index in [1.165, 1.54) is 0 Å². The summed E-state index contributed by atoms with van der Waals surface area (Å²) in [5.41, 5.74) is 3.27. The molecule has 9 nitrogen and oxygen atoms in total. The molecule has 46 heavy (non-hydrogen) atoms. The van der Waals surface area contributed by atoms with Crippen LogP contribution in [0.3, 0.4) is 0 Å². The first-order valence-corrected chi connectivity index (χ1v) is 15.6. The monoisotopic (exact) mass is 614 g/mol. The number of aromatic nitrogens is 2. The van der Waals surface area contributed by atoms with Crippen LogP contribution in [0.1, 0.15) is 36.0 Å². The van der Waals surface area contributed by atoms with Crippen LogP contribution in [0.25, 0.3) is 28.0 Å². The number of methoxy groups -OCH3 is 1. The van der Waals surface area contributed by atoms with Gasteiger partial charge in [-0.3, -0.25) is 19.1 Å². The van der Waals surface area contributed by atoms with E-state index in [-0.39, 0.29) is 17.5 Å². The number of aliphatic imine (C=N–C) groups is 1. The van der Waals surface area contributed by atoms with E-state index in [1.807, 2.05) is 83.9 Å². The van der Waals surface area contributed by atoms with E-state index in [2.05, 4.69) is 4.99 Å². The molecule has 0 spiro atoms. The van der Waals surface area contributed by atoms with Gasteiger partial charge in [-0.15, -0.1) is 0 Å². The maximum absolute atomic E-state index is 13.6. The molecule has 2 aliphatic rings. The van der Waals surface area contributed by atoms with Crippen molar-refractivity contribution in [2.24, 2.45) is 4.99 Å². The van der Waals surface area contributed by atoms with Crippen molar-refractivity contribution in [1.29, 1.82) is 0 Å². The lowest BCUT2D eigenvalue weighted by Crippen LogP contribution is -2.35. The number of rotatable bonds is 10. The van der Waals surface area contributed by atoms with Gasteiger partial charge in [0.25, 0.3) is 11.5 Å². The fraction of sp³-hybridized carbons (Fsp3) is 0.243. The average Bonchev–Trinajstić information content (AvgIpc) is 3.53. The summed E-state index contributed by atoms with van der Waals surface area (Å²) in [7, 11) is 1.58. The summed E-state index contributed by atoms with van der Waals surface area (Å²) in [5, 5.41) is 0.565. The van der Waals surface area contributed by atoms with Crippen molar-refractivity contribution < 1.29 is 19.0 Å². The molecule has 0 radical (unpaired) electrons. The van der Waals surface area contributed by atoms with E-state index in [0.717, 1.165) is 37.8 Å². The highest BCUT2D eigenvalue weighted by Crippen LogP contribution is 2.38.